The fourth-order valence-electron chi connectivity index (χ4n) is 9.05. The molecule has 0 bridgehead atoms. The van der Waals surface area contributed by atoms with Gasteiger partial charge in [0.1, 0.15) is 11.2 Å². The third-order valence-electron chi connectivity index (χ3n) is 11.3. The van der Waals surface area contributed by atoms with E-state index in [-0.39, 0.29) is 0 Å². The van der Waals surface area contributed by atoms with Gasteiger partial charge in [0, 0.05) is 10.8 Å². The molecule has 234 valence electrons. The van der Waals surface area contributed by atoms with E-state index in [2.05, 4.69) is 170 Å². The number of fused-ring (bicyclic) bond motifs is 9. The lowest BCUT2D eigenvalue weighted by atomic mass is 9.86. The molecule has 0 spiro atoms. The van der Waals surface area contributed by atoms with Crippen molar-refractivity contribution in [2.45, 2.75) is 0 Å². The average molecular weight is 645 g/mol. The zero-order valence-electron chi connectivity index (χ0n) is 27.6. The highest BCUT2D eigenvalue weighted by Crippen LogP contribution is 2.47. The monoisotopic (exact) mass is 644 g/mol. The Hall–Kier alpha value is -6.70. The molecule has 0 unspecified atom stereocenters. The summed E-state index contributed by atoms with van der Waals surface area (Å²) in [7, 11) is 0. The van der Waals surface area contributed by atoms with Gasteiger partial charge >= 0.3 is 0 Å². The van der Waals surface area contributed by atoms with Gasteiger partial charge in [-0.05, 0) is 128 Å². The van der Waals surface area contributed by atoms with Crippen LogP contribution in [0.4, 0.5) is 0 Å². The van der Waals surface area contributed by atoms with Crippen LogP contribution >= 0.6 is 0 Å². The Bertz CT molecular complexity index is 3400. The Morgan fingerprint density at radius 2 is 0.882 bits per heavy atom. The summed E-state index contributed by atoms with van der Waals surface area (Å²) in [5, 5.41) is 20.0. The summed E-state index contributed by atoms with van der Waals surface area (Å²) < 4.78 is 6.87. The maximum absolute atomic E-state index is 6.87. The predicted octanol–water partition coefficient (Wildman–Crippen LogP) is 14.4. The third kappa shape index (κ3) is 3.75. The number of rotatable bonds is 2. The fraction of sp³-hybridized carbons (Fsp3) is 0. The predicted molar refractivity (Wildman–Crippen MR) is 218 cm³/mol. The number of hydrogen-bond donors (Lipinski definition) is 0. The number of benzene rings is 11. The number of furan rings is 1. The maximum Gasteiger partial charge on any atom is 0.136 e. The quantitative estimate of drug-likeness (QED) is 0.171. The molecule has 0 N–H and O–H groups in total. The van der Waals surface area contributed by atoms with Gasteiger partial charge in [0.15, 0.2) is 0 Å². The molecule has 0 atom stereocenters. The molecule has 51 heavy (non-hydrogen) atoms. The molecule has 1 aromatic heterocycles. The minimum absolute atomic E-state index is 0.904. The molecule has 0 saturated heterocycles. The van der Waals surface area contributed by atoms with Crippen molar-refractivity contribution in [3.63, 3.8) is 0 Å². The summed E-state index contributed by atoms with van der Waals surface area (Å²) in [6.07, 6.45) is 0. The van der Waals surface area contributed by atoms with Gasteiger partial charge in [-0.1, -0.05) is 140 Å². The highest BCUT2D eigenvalue weighted by Gasteiger charge is 2.21. The Labute approximate surface area is 292 Å². The summed E-state index contributed by atoms with van der Waals surface area (Å²) in [4.78, 5) is 0. The molecule has 0 fully saturated rings. The van der Waals surface area contributed by atoms with E-state index < -0.39 is 0 Å². The lowest BCUT2D eigenvalue weighted by Crippen LogP contribution is -1.90. The Morgan fingerprint density at radius 1 is 0.255 bits per heavy atom. The van der Waals surface area contributed by atoms with Gasteiger partial charge < -0.3 is 4.42 Å². The molecule has 1 heterocycles. The summed E-state index contributed by atoms with van der Waals surface area (Å²) in [5.41, 5.74) is 6.59. The summed E-state index contributed by atoms with van der Waals surface area (Å²) in [6.45, 7) is 0. The van der Waals surface area contributed by atoms with E-state index in [0.717, 1.165) is 27.5 Å². The number of hydrogen-bond acceptors (Lipinski definition) is 1. The molecule has 11 aromatic carbocycles. The minimum atomic E-state index is 0.904. The van der Waals surface area contributed by atoms with Crippen LogP contribution in [0, 0.1) is 0 Å². The smallest absolute Gasteiger partial charge is 0.136 e. The molecule has 0 aliphatic heterocycles. The first-order chi connectivity index (χ1) is 25.3. The second-order valence-corrected chi connectivity index (χ2v) is 14.0. The van der Waals surface area contributed by atoms with Crippen molar-refractivity contribution >= 4 is 97.3 Å². The molecule has 12 aromatic rings. The van der Waals surface area contributed by atoms with Crippen LogP contribution < -0.4 is 0 Å². The van der Waals surface area contributed by atoms with Gasteiger partial charge in [-0.25, -0.2) is 0 Å². The van der Waals surface area contributed by atoms with Gasteiger partial charge in [-0.15, -0.1) is 0 Å². The summed E-state index contributed by atoms with van der Waals surface area (Å²) in [5.74, 6) is 0. The van der Waals surface area contributed by atoms with Crippen LogP contribution in [-0.4, -0.2) is 0 Å². The second kappa shape index (κ2) is 9.94. The first-order valence-corrected chi connectivity index (χ1v) is 17.7. The van der Waals surface area contributed by atoms with Crippen LogP contribution in [0.5, 0.6) is 0 Å². The van der Waals surface area contributed by atoms with Gasteiger partial charge in [0.2, 0.25) is 0 Å². The lowest BCUT2D eigenvalue weighted by molar-refractivity contribution is 0.669. The van der Waals surface area contributed by atoms with E-state index in [9.17, 15) is 0 Å². The highest BCUT2D eigenvalue weighted by atomic mass is 16.3. The van der Waals surface area contributed by atoms with Crippen molar-refractivity contribution in [2.75, 3.05) is 0 Å². The minimum Gasteiger partial charge on any atom is -0.456 e. The summed E-state index contributed by atoms with van der Waals surface area (Å²) >= 11 is 0. The Kier molecular flexibility index (Phi) is 5.29. The first kappa shape index (κ1) is 27.2. The van der Waals surface area contributed by atoms with Crippen molar-refractivity contribution < 1.29 is 4.42 Å². The lowest BCUT2D eigenvalue weighted by Gasteiger charge is -2.17. The second-order valence-electron chi connectivity index (χ2n) is 14.0. The van der Waals surface area contributed by atoms with Crippen LogP contribution in [-0.2, 0) is 0 Å². The molecule has 0 aliphatic rings. The van der Waals surface area contributed by atoms with Crippen LogP contribution in [0.3, 0.4) is 0 Å². The van der Waals surface area contributed by atoms with E-state index in [1.807, 2.05) is 0 Å². The van der Waals surface area contributed by atoms with E-state index in [0.29, 0.717) is 0 Å². The van der Waals surface area contributed by atoms with Gasteiger partial charge in [-0.2, -0.15) is 0 Å². The first-order valence-electron chi connectivity index (χ1n) is 17.7. The molecule has 1 heteroatoms. The molecular formula is C50H28O. The molecule has 0 amide bonds. The van der Waals surface area contributed by atoms with E-state index >= 15 is 0 Å². The standard InChI is InChI=1S/C50H28O/c1-2-10-34-27-45-44(24-33(34)9-1)50-43(39-22-20-32-18-17-30-11-7-12-31-21-23-41(39)49(32)47(30)31)26-36(28-46(50)51-45)42-25-35-19-16-29-8-3-4-13-37(29)48(35)40-15-6-5-14-38(40)42/h1-28H. The normalized spacial score (nSPS) is 12.3. The van der Waals surface area contributed by atoms with Gasteiger partial charge in [0.05, 0.1) is 0 Å². The van der Waals surface area contributed by atoms with Crippen LogP contribution in [0.25, 0.3) is 120 Å². The average Bonchev–Trinajstić information content (AvgIpc) is 3.55. The van der Waals surface area contributed by atoms with Crippen molar-refractivity contribution in [2.24, 2.45) is 0 Å². The highest BCUT2D eigenvalue weighted by molar-refractivity contribution is 6.28. The fourth-order valence-corrected chi connectivity index (χ4v) is 9.05. The topological polar surface area (TPSA) is 13.1 Å². The zero-order chi connectivity index (χ0) is 33.2. The van der Waals surface area contributed by atoms with Crippen molar-refractivity contribution in [3.05, 3.63) is 170 Å². The van der Waals surface area contributed by atoms with E-state index in [4.69, 9.17) is 4.42 Å². The van der Waals surface area contributed by atoms with E-state index in [1.165, 1.54) is 92.1 Å². The molecular weight excluding hydrogens is 617 g/mol. The zero-order valence-corrected chi connectivity index (χ0v) is 27.6. The summed E-state index contributed by atoms with van der Waals surface area (Å²) in [6, 6.07) is 62.7. The van der Waals surface area contributed by atoms with Crippen LogP contribution in [0.2, 0.25) is 0 Å². The maximum atomic E-state index is 6.87. The molecule has 0 aliphatic carbocycles. The van der Waals surface area contributed by atoms with Crippen molar-refractivity contribution in [1.82, 2.24) is 0 Å². The van der Waals surface area contributed by atoms with Crippen molar-refractivity contribution in [1.29, 1.82) is 0 Å². The third-order valence-corrected chi connectivity index (χ3v) is 11.3. The molecule has 12 rings (SSSR count). The van der Waals surface area contributed by atoms with Gasteiger partial charge in [0.25, 0.3) is 0 Å². The molecule has 0 saturated carbocycles. The Morgan fingerprint density at radius 3 is 1.73 bits per heavy atom. The molecule has 1 nitrogen and oxygen atoms in total. The Balaban J connectivity index is 1.24. The SMILES string of the molecule is c1ccc2cc3c(cc2c1)oc1cc(-c2cc4ccc5ccccc5c4c4ccccc24)cc(-c2ccc4ccc5cccc6ccc2c4c56)c13. The van der Waals surface area contributed by atoms with Gasteiger partial charge in [-0.3, -0.25) is 0 Å². The van der Waals surface area contributed by atoms with Crippen LogP contribution in [0.15, 0.2) is 174 Å². The van der Waals surface area contributed by atoms with Crippen LogP contribution in [0.1, 0.15) is 0 Å². The van der Waals surface area contributed by atoms with E-state index in [1.54, 1.807) is 0 Å². The largest absolute Gasteiger partial charge is 0.456 e. The molecule has 0 radical (unpaired) electrons. The van der Waals surface area contributed by atoms with Crippen molar-refractivity contribution in [3.8, 4) is 22.3 Å².